The molecule has 3 rings (SSSR count). The lowest BCUT2D eigenvalue weighted by atomic mass is 10.0. The van der Waals surface area contributed by atoms with Crippen molar-refractivity contribution in [3.63, 3.8) is 0 Å². The van der Waals surface area contributed by atoms with Crippen molar-refractivity contribution in [1.29, 1.82) is 0 Å². The quantitative estimate of drug-likeness (QED) is 0.794. The molecule has 1 unspecified atom stereocenters. The number of carbonyl (C=O) groups excluding carboxylic acids is 2. The van der Waals surface area contributed by atoms with Crippen LogP contribution in [-0.4, -0.2) is 25.6 Å². The first kappa shape index (κ1) is 16.3. The molecule has 0 bridgehead atoms. The third-order valence-electron chi connectivity index (χ3n) is 3.88. The van der Waals surface area contributed by atoms with E-state index in [-0.39, 0.29) is 12.5 Å². The number of amides is 1. The number of methoxy groups -OCH3 is 1. The number of benzene rings is 2. The molecule has 2 aromatic rings. The number of hydrogen-bond acceptors (Lipinski definition) is 4. The van der Waals surface area contributed by atoms with Crippen molar-refractivity contribution in [3.8, 4) is 5.75 Å². The Hall–Kier alpha value is -2.53. The van der Waals surface area contributed by atoms with E-state index in [0.29, 0.717) is 27.6 Å². The fourth-order valence-electron chi connectivity index (χ4n) is 2.80. The van der Waals surface area contributed by atoms with E-state index >= 15 is 0 Å². The fraction of sp³-hybridized carbons (Fsp3) is 0.222. The summed E-state index contributed by atoms with van der Waals surface area (Å²) in [7, 11) is 1.56. The Morgan fingerprint density at radius 1 is 1.21 bits per heavy atom. The maximum atomic E-state index is 12.9. The van der Waals surface area contributed by atoms with Crippen LogP contribution in [0.25, 0.3) is 0 Å². The average molecular weight is 346 g/mol. The maximum absolute atomic E-state index is 12.9. The second-order valence-electron chi connectivity index (χ2n) is 5.26. The van der Waals surface area contributed by atoms with Gasteiger partial charge < -0.3 is 9.47 Å². The predicted molar refractivity (Wildman–Crippen MR) is 90.6 cm³/mol. The van der Waals surface area contributed by atoms with Gasteiger partial charge in [-0.15, -0.1) is 0 Å². The van der Waals surface area contributed by atoms with Gasteiger partial charge in [-0.05, 0) is 48.9 Å². The van der Waals surface area contributed by atoms with Gasteiger partial charge >= 0.3 is 5.97 Å². The molecule has 1 aliphatic rings. The van der Waals surface area contributed by atoms with E-state index in [0.717, 1.165) is 0 Å². The van der Waals surface area contributed by atoms with Gasteiger partial charge in [0.1, 0.15) is 5.75 Å². The van der Waals surface area contributed by atoms with Crippen LogP contribution < -0.4 is 9.64 Å². The van der Waals surface area contributed by atoms with Crippen LogP contribution in [-0.2, 0) is 9.53 Å². The molecule has 0 aliphatic carbocycles. The van der Waals surface area contributed by atoms with Crippen molar-refractivity contribution in [1.82, 2.24) is 0 Å². The Morgan fingerprint density at radius 2 is 1.92 bits per heavy atom. The SMILES string of the molecule is CCOC(=O)C1c2ccc(Cl)cc2C(=O)N1c1ccc(OC)cc1. The molecule has 1 heterocycles. The molecule has 1 atom stereocenters. The van der Waals surface area contributed by atoms with Crippen LogP contribution in [0.4, 0.5) is 5.69 Å². The molecule has 24 heavy (non-hydrogen) atoms. The number of carbonyl (C=O) groups is 2. The molecule has 0 saturated carbocycles. The van der Waals surface area contributed by atoms with Gasteiger partial charge in [-0.3, -0.25) is 9.69 Å². The van der Waals surface area contributed by atoms with Gasteiger partial charge in [-0.1, -0.05) is 17.7 Å². The van der Waals surface area contributed by atoms with Crippen LogP contribution >= 0.6 is 11.6 Å². The molecular formula is C18H16ClNO4. The smallest absolute Gasteiger partial charge is 0.333 e. The first-order chi connectivity index (χ1) is 11.6. The molecule has 5 nitrogen and oxygen atoms in total. The molecule has 0 saturated heterocycles. The lowest BCUT2D eigenvalue weighted by molar-refractivity contribution is -0.144. The second kappa shape index (κ2) is 6.53. The third-order valence-corrected chi connectivity index (χ3v) is 4.11. The number of halogens is 1. The molecule has 1 aliphatic heterocycles. The largest absolute Gasteiger partial charge is 0.497 e. The standard InChI is InChI=1S/C18H16ClNO4/c1-3-24-18(22)16-14-9-4-11(19)10-15(14)17(21)20(16)12-5-7-13(23-2)8-6-12/h4-10,16H,3H2,1-2H3. The molecule has 0 radical (unpaired) electrons. The molecule has 0 N–H and O–H groups in total. The molecule has 0 spiro atoms. The number of nitrogens with zero attached hydrogens (tertiary/aromatic N) is 1. The van der Waals surface area contributed by atoms with Gasteiger partial charge in [0.05, 0.1) is 13.7 Å². The minimum Gasteiger partial charge on any atom is -0.497 e. The van der Waals surface area contributed by atoms with Crippen LogP contribution in [0.5, 0.6) is 5.75 Å². The van der Waals surface area contributed by atoms with Crippen LogP contribution in [0.2, 0.25) is 5.02 Å². The Bertz CT molecular complexity index is 788. The van der Waals surface area contributed by atoms with E-state index in [1.54, 1.807) is 56.5 Å². The topological polar surface area (TPSA) is 55.8 Å². The molecule has 6 heteroatoms. The highest BCUT2D eigenvalue weighted by atomic mass is 35.5. The van der Waals surface area contributed by atoms with E-state index in [1.165, 1.54) is 4.90 Å². The lowest BCUT2D eigenvalue weighted by Crippen LogP contribution is -2.33. The number of hydrogen-bond donors (Lipinski definition) is 0. The van der Waals surface area contributed by atoms with Gasteiger partial charge in [0, 0.05) is 16.3 Å². The Kier molecular flexibility index (Phi) is 4.44. The zero-order valence-corrected chi connectivity index (χ0v) is 14.0. The van der Waals surface area contributed by atoms with Gasteiger partial charge in [0.15, 0.2) is 6.04 Å². The van der Waals surface area contributed by atoms with Crippen molar-refractivity contribution in [2.24, 2.45) is 0 Å². The van der Waals surface area contributed by atoms with Gasteiger partial charge in [0.25, 0.3) is 5.91 Å². The third kappa shape index (κ3) is 2.71. The van der Waals surface area contributed by atoms with Gasteiger partial charge in [0.2, 0.25) is 0 Å². The summed E-state index contributed by atoms with van der Waals surface area (Å²) in [6, 6.07) is 11.1. The van der Waals surface area contributed by atoms with Crippen LogP contribution in [0.1, 0.15) is 28.9 Å². The van der Waals surface area contributed by atoms with Crippen LogP contribution in [0, 0.1) is 0 Å². The molecular weight excluding hydrogens is 330 g/mol. The number of anilines is 1. The first-order valence-corrected chi connectivity index (χ1v) is 7.88. The van der Waals surface area contributed by atoms with E-state index < -0.39 is 12.0 Å². The summed E-state index contributed by atoms with van der Waals surface area (Å²) in [4.78, 5) is 26.8. The number of fused-ring (bicyclic) bond motifs is 1. The highest BCUT2D eigenvalue weighted by molar-refractivity contribution is 6.31. The monoisotopic (exact) mass is 345 g/mol. The Balaban J connectivity index is 2.08. The molecule has 2 aromatic carbocycles. The summed E-state index contributed by atoms with van der Waals surface area (Å²) in [6.45, 7) is 1.97. The average Bonchev–Trinajstić information content (AvgIpc) is 2.88. The zero-order chi connectivity index (χ0) is 17.3. The summed E-state index contributed by atoms with van der Waals surface area (Å²) >= 11 is 6.01. The fourth-order valence-corrected chi connectivity index (χ4v) is 2.97. The summed E-state index contributed by atoms with van der Waals surface area (Å²) in [6.07, 6.45) is 0. The highest BCUT2D eigenvalue weighted by Gasteiger charge is 2.43. The lowest BCUT2D eigenvalue weighted by Gasteiger charge is -2.24. The summed E-state index contributed by atoms with van der Waals surface area (Å²) in [5.41, 5.74) is 1.60. The van der Waals surface area contributed by atoms with Crippen molar-refractivity contribution in [2.75, 3.05) is 18.6 Å². The minimum atomic E-state index is -0.821. The van der Waals surface area contributed by atoms with Crippen molar-refractivity contribution in [2.45, 2.75) is 13.0 Å². The van der Waals surface area contributed by atoms with Crippen LogP contribution in [0.3, 0.4) is 0 Å². The zero-order valence-electron chi connectivity index (χ0n) is 13.3. The van der Waals surface area contributed by atoms with E-state index in [2.05, 4.69) is 0 Å². The number of esters is 1. The Labute approximate surface area is 144 Å². The van der Waals surface area contributed by atoms with E-state index in [1.807, 2.05) is 0 Å². The summed E-state index contributed by atoms with van der Waals surface area (Å²) in [5, 5.41) is 0.446. The second-order valence-corrected chi connectivity index (χ2v) is 5.70. The first-order valence-electron chi connectivity index (χ1n) is 7.50. The van der Waals surface area contributed by atoms with Gasteiger partial charge in [-0.25, -0.2) is 4.79 Å². The van der Waals surface area contributed by atoms with E-state index in [9.17, 15) is 9.59 Å². The predicted octanol–water partition coefficient (Wildman–Crippen LogP) is 3.61. The normalized spacial score (nSPS) is 16.0. The molecule has 0 fully saturated rings. The van der Waals surface area contributed by atoms with Crippen molar-refractivity contribution in [3.05, 3.63) is 58.6 Å². The molecule has 124 valence electrons. The van der Waals surface area contributed by atoms with Crippen molar-refractivity contribution < 1.29 is 19.1 Å². The summed E-state index contributed by atoms with van der Waals surface area (Å²) in [5.74, 6) is -0.0860. The molecule has 0 aromatic heterocycles. The minimum absolute atomic E-state index is 0.239. The Morgan fingerprint density at radius 3 is 2.54 bits per heavy atom. The number of rotatable bonds is 4. The van der Waals surface area contributed by atoms with Crippen LogP contribution in [0.15, 0.2) is 42.5 Å². The maximum Gasteiger partial charge on any atom is 0.333 e. The van der Waals surface area contributed by atoms with Gasteiger partial charge in [-0.2, -0.15) is 0 Å². The summed E-state index contributed by atoms with van der Waals surface area (Å²) < 4.78 is 10.3. The highest BCUT2D eigenvalue weighted by Crippen LogP contribution is 2.39. The van der Waals surface area contributed by atoms with Crippen molar-refractivity contribution >= 4 is 29.2 Å². The molecule has 1 amide bonds. The van der Waals surface area contributed by atoms with E-state index in [4.69, 9.17) is 21.1 Å². The number of ether oxygens (including phenoxy) is 2.